The summed E-state index contributed by atoms with van der Waals surface area (Å²) in [5.74, 6) is 0.541. The third kappa shape index (κ3) is 4.58. The maximum absolute atomic E-state index is 12.5. The van der Waals surface area contributed by atoms with Crippen LogP contribution in [-0.2, 0) is 17.6 Å². The van der Waals surface area contributed by atoms with E-state index in [1.165, 1.54) is 0 Å². The predicted octanol–water partition coefficient (Wildman–Crippen LogP) is 4.98. The fourth-order valence-corrected chi connectivity index (χ4v) is 2.66. The molecule has 1 amide bonds. The molecule has 0 radical (unpaired) electrons. The number of rotatable bonds is 6. The van der Waals surface area contributed by atoms with Gasteiger partial charge in [0.05, 0.1) is 0 Å². The number of carbonyl (C=O) groups is 1. The van der Waals surface area contributed by atoms with E-state index in [4.69, 9.17) is 4.74 Å². The van der Waals surface area contributed by atoms with Crippen LogP contribution in [0, 0.1) is 0 Å². The van der Waals surface area contributed by atoms with Gasteiger partial charge in [0.1, 0.15) is 5.75 Å². The molecule has 3 nitrogen and oxygen atoms in total. The van der Waals surface area contributed by atoms with Crippen molar-refractivity contribution in [2.75, 3.05) is 5.32 Å². The van der Waals surface area contributed by atoms with Crippen LogP contribution in [0.25, 0.3) is 0 Å². The van der Waals surface area contributed by atoms with Crippen LogP contribution in [0.15, 0.2) is 46.9 Å². The van der Waals surface area contributed by atoms with E-state index in [1.807, 2.05) is 30.3 Å². The van der Waals surface area contributed by atoms with Crippen LogP contribution in [0.1, 0.15) is 31.9 Å². The largest absolute Gasteiger partial charge is 0.481 e. The van der Waals surface area contributed by atoms with E-state index in [9.17, 15) is 4.79 Å². The van der Waals surface area contributed by atoms with Gasteiger partial charge in [-0.2, -0.15) is 0 Å². The van der Waals surface area contributed by atoms with Crippen molar-refractivity contribution in [2.45, 2.75) is 39.7 Å². The average molecular weight is 376 g/mol. The molecule has 0 saturated carbocycles. The highest BCUT2D eigenvalue weighted by Gasteiger charge is 2.17. The second-order valence-electron chi connectivity index (χ2n) is 5.36. The van der Waals surface area contributed by atoms with Crippen molar-refractivity contribution in [3.05, 3.63) is 58.1 Å². The number of ether oxygens (including phenoxy) is 1. The lowest BCUT2D eigenvalue weighted by atomic mass is 10.0. The van der Waals surface area contributed by atoms with Gasteiger partial charge >= 0.3 is 0 Å². The van der Waals surface area contributed by atoms with E-state index < -0.39 is 6.10 Å². The number of halogens is 1. The Balaban J connectivity index is 2.10. The fraction of sp³-hybridized carbons (Fsp3) is 0.316. The Morgan fingerprint density at radius 3 is 2.17 bits per heavy atom. The first-order chi connectivity index (χ1) is 11.0. The van der Waals surface area contributed by atoms with Gasteiger partial charge in [0, 0.05) is 10.2 Å². The molecule has 0 saturated heterocycles. The highest BCUT2D eigenvalue weighted by molar-refractivity contribution is 9.10. The second-order valence-corrected chi connectivity index (χ2v) is 6.28. The molecule has 23 heavy (non-hydrogen) atoms. The van der Waals surface area contributed by atoms with Gasteiger partial charge in [-0.15, -0.1) is 0 Å². The zero-order valence-corrected chi connectivity index (χ0v) is 15.3. The molecule has 2 aromatic rings. The molecule has 0 aromatic heterocycles. The molecule has 1 N–H and O–H groups in total. The minimum atomic E-state index is -0.564. The van der Waals surface area contributed by atoms with Gasteiger partial charge in [-0.25, -0.2) is 0 Å². The molecule has 0 bridgehead atoms. The van der Waals surface area contributed by atoms with Crippen LogP contribution in [0.4, 0.5) is 5.69 Å². The summed E-state index contributed by atoms with van der Waals surface area (Å²) in [6, 6.07) is 13.6. The van der Waals surface area contributed by atoms with Crippen molar-refractivity contribution in [1.29, 1.82) is 0 Å². The van der Waals surface area contributed by atoms with E-state index in [1.54, 1.807) is 6.92 Å². The van der Waals surface area contributed by atoms with Crippen LogP contribution < -0.4 is 10.1 Å². The van der Waals surface area contributed by atoms with E-state index in [2.05, 4.69) is 47.2 Å². The molecule has 0 aliphatic carbocycles. The molecule has 2 aromatic carbocycles. The summed E-state index contributed by atoms with van der Waals surface area (Å²) in [7, 11) is 0. The highest BCUT2D eigenvalue weighted by Crippen LogP contribution is 2.23. The molecular formula is C19H22BrNO2. The van der Waals surface area contributed by atoms with Crippen molar-refractivity contribution in [3.8, 4) is 5.75 Å². The standard InChI is InChI=1S/C19H22BrNO2/c1-4-14-7-6-8-15(5-2)18(14)21-19(22)13(3)23-17-11-9-16(20)10-12-17/h6-13H,4-5H2,1-3H3,(H,21,22)/t13-/m0/s1. The second kappa shape index (κ2) is 8.16. The monoisotopic (exact) mass is 375 g/mol. The third-order valence-electron chi connectivity index (χ3n) is 3.74. The van der Waals surface area contributed by atoms with Crippen LogP contribution in [-0.4, -0.2) is 12.0 Å². The Bertz CT molecular complexity index is 645. The summed E-state index contributed by atoms with van der Waals surface area (Å²) >= 11 is 3.38. The van der Waals surface area contributed by atoms with Crippen LogP contribution in [0.5, 0.6) is 5.75 Å². The Labute approximate surface area is 146 Å². The molecule has 0 heterocycles. The number of aryl methyl sites for hydroxylation is 2. The van der Waals surface area contributed by atoms with Gasteiger partial charge in [0.2, 0.25) is 0 Å². The molecule has 0 aliphatic heterocycles. The quantitative estimate of drug-likeness (QED) is 0.772. The lowest BCUT2D eigenvalue weighted by Crippen LogP contribution is -2.30. The number of anilines is 1. The summed E-state index contributed by atoms with van der Waals surface area (Å²) in [5.41, 5.74) is 3.22. The van der Waals surface area contributed by atoms with Gasteiger partial charge < -0.3 is 10.1 Å². The lowest BCUT2D eigenvalue weighted by Gasteiger charge is -2.18. The van der Waals surface area contributed by atoms with E-state index in [0.717, 1.165) is 34.1 Å². The Kier molecular flexibility index (Phi) is 6.22. The van der Waals surface area contributed by atoms with Crippen molar-refractivity contribution in [2.24, 2.45) is 0 Å². The minimum Gasteiger partial charge on any atom is -0.481 e. The van der Waals surface area contributed by atoms with Crippen molar-refractivity contribution in [3.63, 3.8) is 0 Å². The molecule has 1 atom stereocenters. The molecule has 0 aliphatic rings. The maximum Gasteiger partial charge on any atom is 0.265 e. The predicted molar refractivity (Wildman–Crippen MR) is 98.1 cm³/mol. The molecule has 122 valence electrons. The maximum atomic E-state index is 12.5. The number of hydrogen-bond acceptors (Lipinski definition) is 2. The van der Waals surface area contributed by atoms with Gasteiger partial charge in [-0.05, 0) is 55.2 Å². The van der Waals surface area contributed by atoms with Crippen LogP contribution >= 0.6 is 15.9 Å². The van der Waals surface area contributed by atoms with Gasteiger partial charge in [-0.1, -0.05) is 48.0 Å². The number of nitrogens with one attached hydrogen (secondary N) is 1. The Morgan fingerprint density at radius 1 is 1.09 bits per heavy atom. The van der Waals surface area contributed by atoms with Gasteiger partial charge in [0.15, 0.2) is 6.10 Å². The lowest BCUT2D eigenvalue weighted by molar-refractivity contribution is -0.122. The van der Waals surface area contributed by atoms with E-state index in [-0.39, 0.29) is 5.91 Å². The third-order valence-corrected chi connectivity index (χ3v) is 4.27. The SMILES string of the molecule is CCc1cccc(CC)c1NC(=O)[C@H](C)Oc1ccc(Br)cc1. The highest BCUT2D eigenvalue weighted by atomic mass is 79.9. The number of para-hydroxylation sites is 1. The van der Waals surface area contributed by atoms with Crippen molar-refractivity contribution >= 4 is 27.5 Å². The van der Waals surface area contributed by atoms with Crippen molar-refractivity contribution in [1.82, 2.24) is 0 Å². The minimum absolute atomic E-state index is 0.136. The first-order valence-electron chi connectivity index (χ1n) is 7.89. The van der Waals surface area contributed by atoms with Crippen molar-refractivity contribution < 1.29 is 9.53 Å². The first kappa shape index (κ1) is 17.5. The smallest absolute Gasteiger partial charge is 0.265 e. The van der Waals surface area contributed by atoms with Gasteiger partial charge in [-0.3, -0.25) is 4.79 Å². The molecule has 2 rings (SSSR count). The molecule has 0 spiro atoms. The molecule has 0 fully saturated rings. The topological polar surface area (TPSA) is 38.3 Å². The zero-order valence-electron chi connectivity index (χ0n) is 13.7. The first-order valence-corrected chi connectivity index (χ1v) is 8.68. The molecular weight excluding hydrogens is 354 g/mol. The van der Waals surface area contributed by atoms with E-state index in [0.29, 0.717) is 5.75 Å². The Hall–Kier alpha value is -1.81. The molecule has 0 unspecified atom stereocenters. The molecule has 4 heteroatoms. The number of amides is 1. The number of hydrogen-bond donors (Lipinski definition) is 1. The van der Waals surface area contributed by atoms with Crippen LogP contribution in [0.3, 0.4) is 0 Å². The summed E-state index contributed by atoms with van der Waals surface area (Å²) in [6.07, 6.45) is 1.20. The number of carbonyl (C=O) groups excluding carboxylic acids is 1. The summed E-state index contributed by atoms with van der Waals surface area (Å²) < 4.78 is 6.70. The summed E-state index contributed by atoms with van der Waals surface area (Å²) in [6.45, 7) is 5.94. The normalized spacial score (nSPS) is 11.8. The zero-order chi connectivity index (χ0) is 16.8. The van der Waals surface area contributed by atoms with Crippen LogP contribution in [0.2, 0.25) is 0 Å². The summed E-state index contributed by atoms with van der Waals surface area (Å²) in [4.78, 5) is 12.5. The average Bonchev–Trinajstić information content (AvgIpc) is 2.56. The Morgan fingerprint density at radius 2 is 1.65 bits per heavy atom. The van der Waals surface area contributed by atoms with Gasteiger partial charge in [0.25, 0.3) is 5.91 Å². The fourth-order valence-electron chi connectivity index (χ4n) is 2.40. The van der Waals surface area contributed by atoms with E-state index >= 15 is 0 Å². The number of benzene rings is 2. The summed E-state index contributed by atoms with van der Waals surface area (Å²) in [5, 5.41) is 3.04.